The van der Waals surface area contributed by atoms with E-state index in [-0.39, 0.29) is 12.3 Å². The van der Waals surface area contributed by atoms with Crippen LogP contribution >= 0.6 is 11.3 Å². The van der Waals surface area contributed by atoms with E-state index in [1.54, 1.807) is 36.7 Å². The van der Waals surface area contributed by atoms with Crippen LogP contribution in [0.25, 0.3) is 10.6 Å². The molecular weight excluding hydrogens is 350 g/mol. The van der Waals surface area contributed by atoms with Gasteiger partial charge in [-0.05, 0) is 37.3 Å². The molecule has 3 rings (SSSR count). The van der Waals surface area contributed by atoms with E-state index in [0.717, 1.165) is 21.1 Å². The van der Waals surface area contributed by atoms with Gasteiger partial charge < -0.3 is 10.1 Å². The number of aryl methyl sites for hydroxylation is 1. The van der Waals surface area contributed by atoms with Crippen molar-refractivity contribution in [1.82, 2.24) is 9.97 Å². The van der Waals surface area contributed by atoms with E-state index in [2.05, 4.69) is 20.0 Å². The van der Waals surface area contributed by atoms with Crippen molar-refractivity contribution in [2.75, 3.05) is 12.4 Å². The van der Waals surface area contributed by atoms with E-state index >= 15 is 0 Å². The number of benzene rings is 1. The number of rotatable bonds is 5. The molecule has 7 heteroatoms. The highest BCUT2D eigenvalue weighted by Gasteiger charge is 2.14. The van der Waals surface area contributed by atoms with Crippen LogP contribution in [0.2, 0.25) is 0 Å². The lowest BCUT2D eigenvalue weighted by atomic mass is 10.2. The minimum absolute atomic E-state index is 0.170. The van der Waals surface area contributed by atoms with Gasteiger partial charge in [-0.3, -0.25) is 9.78 Å². The van der Waals surface area contributed by atoms with Gasteiger partial charge in [0.25, 0.3) is 0 Å². The Kier molecular flexibility index (Phi) is 5.38. The average Bonchev–Trinajstić information content (AvgIpc) is 3.02. The summed E-state index contributed by atoms with van der Waals surface area (Å²) in [4.78, 5) is 33.5. The molecule has 0 aliphatic heterocycles. The Morgan fingerprint density at radius 2 is 2.08 bits per heavy atom. The van der Waals surface area contributed by atoms with Crippen molar-refractivity contribution >= 4 is 28.9 Å². The SMILES string of the molecule is COC(=O)c1cccc(NC(=O)Cc2sc(-c3cccnc3)nc2C)c1. The van der Waals surface area contributed by atoms with Gasteiger partial charge >= 0.3 is 5.97 Å². The molecule has 2 heterocycles. The third-order valence-electron chi connectivity index (χ3n) is 3.69. The second kappa shape index (κ2) is 7.88. The lowest BCUT2D eigenvalue weighted by molar-refractivity contribution is -0.115. The van der Waals surface area contributed by atoms with Crippen molar-refractivity contribution in [3.8, 4) is 10.6 Å². The third kappa shape index (κ3) is 4.12. The fraction of sp³-hybridized carbons (Fsp3) is 0.158. The Bertz CT molecular complexity index is 938. The zero-order valence-electron chi connectivity index (χ0n) is 14.4. The average molecular weight is 367 g/mol. The van der Waals surface area contributed by atoms with Crippen LogP contribution in [0, 0.1) is 6.92 Å². The standard InChI is InChI=1S/C19H17N3O3S/c1-12-16(26-18(21-12)14-6-4-8-20-11-14)10-17(23)22-15-7-3-5-13(9-15)19(24)25-2/h3-9,11H,10H2,1-2H3,(H,22,23). The van der Waals surface area contributed by atoms with E-state index in [1.165, 1.54) is 18.4 Å². The number of carbonyl (C=O) groups is 2. The summed E-state index contributed by atoms with van der Waals surface area (Å²) in [6.45, 7) is 1.89. The normalized spacial score (nSPS) is 10.4. The number of methoxy groups -OCH3 is 1. The second-order valence-corrected chi connectivity index (χ2v) is 6.65. The van der Waals surface area contributed by atoms with Crippen LogP contribution in [0.5, 0.6) is 0 Å². The number of thiazole rings is 1. The molecule has 0 aliphatic rings. The van der Waals surface area contributed by atoms with Crippen LogP contribution < -0.4 is 5.32 Å². The molecule has 0 aliphatic carbocycles. The molecule has 0 fully saturated rings. The van der Waals surface area contributed by atoms with E-state index < -0.39 is 5.97 Å². The number of anilines is 1. The highest BCUT2D eigenvalue weighted by Crippen LogP contribution is 2.27. The maximum atomic E-state index is 12.4. The number of aromatic nitrogens is 2. The molecule has 2 aromatic heterocycles. The topological polar surface area (TPSA) is 81.2 Å². The fourth-order valence-corrected chi connectivity index (χ4v) is 3.45. The molecule has 0 bridgehead atoms. The van der Waals surface area contributed by atoms with Gasteiger partial charge in [-0.25, -0.2) is 9.78 Å². The molecule has 1 amide bonds. The number of nitrogens with zero attached hydrogens (tertiary/aromatic N) is 2. The highest BCUT2D eigenvalue weighted by molar-refractivity contribution is 7.15. The second-order valence-electron chi connectivity index (χ2n) is 5.57. The van der Waals surface area contributed by atoms with Gasteiger partial charge in [0.1, 0.15) is 5.01 Å². The molecule has 0 unspecified atom stereocenters. The van der Waals surface area contributed by atoms with Crippen molar-refractivity contribution in [1.29, 1.82) is 0 Å². The Balaban J connectivity index is 1.71. The fourth-order valence-electron chi connectivity index (χ4n) is 2.40. The van der Waals surface area contributed by atoms with Gasteiger partial charge in [-0.15, -0.1) is 11.3 Å². The highest BCUT2D eigenvalue weighted by atomic mass is 32.1. The minimum atomic E-state index is -0.444. The molecule has 0 radical (unpaired) electrons. The van der Waals surface area contributed by atoms with Crippen molar-refractivity contribution in [2.45, 2.75) is 13.3 Å². The summed E-state index contributed by atoms with van der Waals surface area (Å²) >= 11 is 1.48. The van der Waals surface area contributed by atoms with E-state index in [4.69, 9.17) is 0 Å². The summed E-state index contributed by atoms with van der Waals surface area (Å²) in [7, 11) is 1.32. The number of hydrogen-bond acceptors (Lipinski definition) is 6. The number of pyridine rings is 1. The van der Waals surface area contributed by atoms with Crippen LogP contribution in [-0.4, -0.2) is 29.0 Å². The number of ether oxygens (including phenoxy) is 1. The van der Waals surface area contributed by atoms with E-state index in [9.17, 15) is 9.59 Å². The maximum Gasteiger partial charge on any atom is 0.337 e. The van der Waals surface area contributed by atoms with Gasteiger partial charge in [0, 0.05) is 28.5 Å². The summed E-state index contributed by atoms with van der Waals surface area (Å²) < 4.78 is 4.69. The smallest absolute Gasteiger partial charge is 0.337 e. The van der Waals surface area contributed by atoms with Gasteiger partial charge in [0.05, 0.1) is 24.8 Å². The Hall–Kier alpha value is -3.06. The third-order valence-corrected chi connectivity index (χ3v) is 4.90. The van der Waals surface area contributed by atoms with Crippen LogP contribution in [0.15, 0.2) is 48.8 Å². The zero-order chi connectivity index (χ0) is 18.5. The predicted molar refractivity (Wildman–Crippen MR) is 100 cm³/mol. The first-order chi connectivity index (χ1) is 12.6. The number of amides is 1. The molecule has 132 valence electrons. The van der Waals surface area contributed by atoms with Crippen molar-refractivity contribution in [3.05, 3.63) is 64.9 Å². The summed E-state index contributed by atoms with van der Waals surface area (Å²) in [6.07, 6.45) is 3.67. The molecule has 0 saturated heterocycles. The first-order valence-corrected chi connectivity index (χ1v) is 8.73. The molecule has 6 nitrogen and oxygen atoms in total. The molecular formula is C19H17N3O3S. The Morgan fingerprint density at radius 1 is 1.23 bits per heavy atom. The lowest BCUT2D eigenvalue weighted by Gasteiger charge is -2.06. The van der Waals surface area contributed by atoms with Gasteiger partial charge in [0.15, 0.2) is 0 Å². The van der Waals surface area contributed by atoms with E-state index in [0.29, 0.717) is 11.3 Å². The summed E-state index contributed by atoms with van der Waals surface area (Å²) in [5.74, 6) is -0.614. The molecule has 1 aromatic carbocycles. The Morgan fingerprint density at radius 3 is 2.81 bits per heavy atom. The van der Waals surface area contributed by atoms with Crippen LogP contribution in [-0.2, 0) is 16.0 Å². The Labute approximate surface area is 154 Å². The van der Waals surface area contributed by atoms with Crippen LogP contribution in [0.4, 0.5) is 5.69 Å². The molecule has 26 heavy (non-hydrogen) atoms. The number of nitrogens with one attached hydrogen (secondary N) is 1. The minimum Gasteiger partial charge on any atom is -0.465 e. The summed E-state index contributed by atoms with van der Waals surface area (Å²) in [6, 6.07) is 10.4. The van der Waals surface area contributed by atoms with Gasteiger partial charge in [-0.1, -0.05) is 6.07 Å². The molecule has 0 saturated carbocycles. The monoisotopic (exact) mass is 367 g/mol. The summed E-state index contributed by atoms with van der Waals surface area (Å²) in [5.41, 5.74) is 2.69. The first-order valence-electron chi connectivity index (χ1n) is 7.91. The number of hydrogen-bond donors (Lipinski definition) is 1. The van der Waals surface area contributed by atoms with Crippen LogP contribution in [0.1, 0.15) is 20.9 Å². The summed E-state index contributed by atoms with van der Waals surface area (Å²) in [5, 5.41) is 3.64. The van der Waals surface area contributed by atoms with Crippen molar-refractivity contribution in [3.63, 3.8) is 0 Å². The van der Waals surface area contributed by atoms with Gasteiger partial charge in [0.2, 0.25) is 5.91 Å². The van der Waals surface area contributed by atoms with Crippen LogP contribution in [0.3, 0.4) is 0 Å². The zero-order valence-corrected chi connectivity index (χ0v) is 15.2. The first kappa shape index (κ1) is 17.8. The van der Waals surface area contributed by atoms with Gasteiger partial charge in [-0.2, -0.15) is 0 Å². The van der Waals surface area contributed by atoms with Crippen molar-refractivity contribution in [2.24, 2.45) is 0 Å². The van der Waals surface area contributed by atoms with Crippen molar-refractivity contribution < 1.29 is 14.3 Å². The molecule has 1 N–H and O–H groups in total. The number of esters is 1. The quantitative estimate of drug-likeness (QED) is 0.698. The molecule has 0 spiro atoms. The molecule has 3 aromatic rings. The molecule has 0 atom stereocenters. The maximum absolute atomic E-state index is 12.4. The van der Waals surface area contributed by atoms with E-state index in [1.807, 2.05) is 19.1 Å². The lowest BCUT2D eigenvalue weighted by Crippen LogP contribution is -2.14. The number of carbonyl (C=O) groups excluding carboxylic acids is 2. The largest absolute Gasteiger partial charge is 0.465 e. The predicted octanol–water partition coefficient (Wildman–Crippen LogP) is 3.48.